The van der Waals surface area contributed by atoms with Crippen LogP contribution in [0.15, 0.2) is 43.0 Å². The van der Waals surface area contributed by atoms with E-state index >= 15 is 0 Å². The molecule has 2 aliphatic heterocycles. The predicted octanol–water partition coefficient (Wildman–Crippen LogP) is 2.65. The van der Waals surface area contributed by atoms with Crippen molar-refractivity contribution in [3.63, 3.8) is 0 Å². The van der Waals surface area contributed by atoms with Gasteiger partial charge in [-0.25, -0.2) is 0 Å². The van der Waals surface area contributed by atoms with Gasteiger partial charge in [-0.2, -0.15) is 0 Å². The highest BCUT2D eigenvalue weighted by atomic mass is 16.3. The molecule has 2 saturated heterocycles. The van der Waals surface area contributed by atoms with Crippen LogP contribution in [0.4, 0.5) is 5.82 Å². The van der Waals surface area contributed by atoms with Crippen LogP contribution in [0.2, 0.25) is 0 Å². The van der Waals surface area contributed by atoms with E-state index in [4.69, 9.17) is 11.5 Å². The Bertz CT molecular complexity index is 924. The van der Waals surface area contributed by atoms with E-state index in [1.165, 1.54) is 6.08 Å². The Labute approximate surface area is 158 Å². The van der Waals surface area contributed by atoms with Crippen molar-refractivity contribution in [2.75, 3.05) is 12.3 Å². The number of nitrogen functional groups attached to an aromatic ring is 1. The van der Waals surface area contributed by atoms with Gasteiger partial charge < -0.3 is 26.5 Å². The second kappa shape index (κ2) is 6.54. The third-order valence-electron chi connectivity index (χ3n) is 5.84. The number of nitrogens with one attached hydrogen (secondary N) is 1. The second-order valence-electron chi connectivity index (χ2n) is 7.40. The molecule has 3 aliphatic rings. The van der Waals surface area contributed by atoms with Crippen LogP contribution in [-0.4, -0.2) is 33.5 Å². The van der Waals surface area contributed by atoms with Gasteiger partial charge in [0.15, 0.2) is 0 Å². The van der Waals surface area contributed by atoms with Crippen molar-refractivity contribution in [1.82, 2.24) is 9.88 Å². The number of nitrogens with two attached hydrogens (primary N) is 2. The maximum absolute atomic E-state index is 12.1. The van der Waals surface area contributed by atoms with Gasteiger partial charge in [-0.3, -0.25) is 4.79 Å². The van der Waals surface area contributed by atoms with E-state index in [-0.39, 0.29) is 17.6 Å². The number of phenols is 1. The van der Waals surface area contributed by atoms with Crippen molar-refractivity contribution >= 4 is 23.5 Å². The number of fused-ring (bicyclic) bond motifs is 2. The van der Waals surface area contributed by atoms with Crippen LogP contribution in [0, 0.1) is 5.92 Å². The minimum absolute atomic E-state index is 0.00778. The summed E-state index contributed by atoms with van der Waals surface area (Å²) in [4.78, 5) is 17.3. The number of phenolic OH excluding ortho intramolecular Hbond substituents is 1. The molecule has 1 unspecified atom stereocenters. The van der Waals surface area contributed by atoms with E-state index in [1.54, 1.807) is 24.3 Å². The summed E-state index contributed by atoms with van der Waals surface area (Å²) < 4.78 is 0. The number of rotatable bonds is 4. The highest BCUT2D eigenvalue weighted by molar-refractivity contribution is 5.88. The number of aromatic amines is 1. The van der Waals surface area contributed by atoms with E-state index in [1.807, 2.05) is 17.0 Å². The highest BCUT2D eigenvalue weighted by Gasteiger charge is 2.46. The lowest BCUT2D eigenvalue weighted by Gasteiger charge is -2.53. The standard InChI is InChI=1S/C21H24N4O2/c1-2-20(27)25-11-16(12-7-14(25)8-12)18-10-13(21(23)24-18)9-17(22)15-5-3-4-6-19(15)26/h2-6,9-10,12,14,16,24,26H,1,7-8,11,22-23H2/b17-9-. The molecule has 1 aromatic heterocycles. The number of carbonyl (C=O) groups excluding carboxylic acids is 1. The average Bonchev–Trinajstić information content (AvgIpc) is 3.00. The van der Waals surface area contributed by atoms with E-state index < -0.39 is 0 Å². The van der Waals surface area contributed by atoms with Crippen molar-refractivity contribution in [1.29, 1.82) is 0 Å². The fourth-order valence-corrected chi connectivity index (χ4v) is 4.25. The van der Waals surface area contributed by atoms with Gasteiger partial charge >= 0.3 is 0 Å². The maximum atomic E-state index is 12.1. The molecule has 0 spiro atoms. The molecule has 1 aromatic carbocycles. The van der Waals surface area contributed by atoms with Crippen molar-refractivity contribution in [2.24, 2.45) is 11.7 Å². The summed E-state index contributed by atoms with van der Waals surface area (Å²) in [6, 6.07) is 9.28. The number of nitrogens with zero attached hydrogens (tertiary/aromatic N) is 1. The topological polar surface area (TPSA) is 108 Å². The Balaban J connectivity index is 1.60. The number of piperidine rings is 2. The number of aromatic hydroxyl groups is 1. The lowest BCUT2D eigenvalue weighted by Crippen LogP contribution is -2.56. The number of aromatic nitrogens is 1. The first-order valence-corrected chi connectivity index (χ1v) is 9.15. The average molecular weight is 364 g/mol. The first kappa shape index (κ1) is 17.3. The molecule has 27 heavy (non-hydrogen) atoms. The second-order valence-corrected chi connectivity index (χ2v) is 7.40. The molecule has 140 valence electrons. The van der Waals surface area contributed by atoms with E-state index in [0.29, 0.717) is 35.6 Å². The molecule has 2 bridgehead atoms. The number of hydrogen-bond acceptors (Lipinski definition) is 4. The number of anilines is 1. The van der Waals surface area contributed by atoms with Crippen molar-refractivity contribution < 1.29 is 9.90 Å². The molecule has 6 N–H and O–H groups in total. The highest BCUT2D eigenvalue weighted by Crippen LogP contribution is 2.48. The molecule has 2 aromatic rings. The smallest absolute Gasteiger partial charge is 0.246 e. The Morgan fingerprint density at radius 2 is 2.07 bits per heavy atom. The zero-order chi connectivity index (χ0) is 19.1. The minimum atomic E-state index is -0.00778. The van der Waals surface area contributed by atoms with Gasteiger partial charge in [-0.15, -0.1) is 0 Å². The summed E-state index contributed by atoms with van der Waals surface area (Å²) in [7, 11) is 0. The molecule has 5 rings (SSSR count). The van der Waals surface area contributed by atoms with Gasteiger partial charge in [0.2, 0.25) is 5.91 Å². The molecule has 1 aliphatic carbocycles. The largest absolute Gasteiger partial charge is 0.507 e. The minimum Gasteiger partial charge on any atom is -0.507 e. The number of H-pyrrole nitrogens is 1. The number of para-hydroxylation sites is 1. The van der Waals surface area contributed by atoms with Crippen molar-refractivity contribution in [3.05, 3.63) is 59.8 Å². The van der Waals surface area contributed by atoms with Crippen LogP contribution in [0.5, 0.6) is 5.75 Å². The van der Waals surface area contributed by atoms with Crippen LogP contribution in [0.3, 0.4) is 0 Å². The molecule has 6 heteroatoms. The summed E-state index contributed by atoms with van der Waals surface area (Å²) in [6.45, 7) is 4.29. The lowest BCUT2D eigenvalue weighted by molar-refractivity contribution is -0.136. The maximum Gasteiger partial charge on any atom is 0.246 e. The van der Waals surface area contributed by atoms with Gasteiger partial charge in [0.1, 0.15) is 11.6 Å². The SMILES string of the molecule is C=CC(=O)N1CC(c2cc(/C=C(\N)c3ccccc3O)c(N)[nH]2)C2CC1C2. The van der Waals surface area contributed by atoms with E-state index in [2.05, 4.69) is 11.6 Å². The molecule has 3 heterocycles. The van der Waals surface area contributed by atoms with Crippen LogP contribution < -0.4 is 11.5 Å². The Morgan fingerprint density at radius 1 is 1.33 bits per heavy atom. The normalized spacial score (nSPS) is 24.4. The first-order chi connectivity index (χ1) is 13.0. The molecule has 1 atom stereocenters. The number of hydrogen-bond donors (Lipinski definition) is 4. The summed E-state index contributed by atoms with van der Waals surface area (Å²) in [5.41, 5.74) is 15.2. The third kappa shape index (κ3) is 2.97. The van der Waals surface area contributed by atoms with Crippen molar-refractivity contribution in [3.8, 4) is 5.75 Å². The first-order valence-electron chi connectivity index (χ1n) is 9.15. The number of benzene rings is 1. The molecule has 1 saturated carbocycles. The zero-order valence-electron chi connectivity index (χ0n) is 15.1. The molecular formula is C21H24N4O2. The molecule has 3 fully saturated rings. The van der Waals surface area contributed by atoms with Crippen molar-refractivity contribution in [2.45, 2.75) is 24.8 Å². The Hall–Kier alpha value is -3.15. The van der Waals surface area contributed by atoms with Gasteiger partial charge in [0.05, 0.1) is 0 Å². The zero-order valence-corrected chi connectivity index (χ0v) is 15.1. The molecule has 1 amide bonds. The monoisotopic (exact) mass is 364 g/mol. The summed E-state index contributed by atoms with van der Waals surface area (Å²) >= 11 is 0. The third-order valence-corrected chi connectivity index (χ3v) is 5.84. The van der Waals surface area contributed by atoms with Gasteiger partial charge in [-0.1, -0.05) is 18.7 Å². The summed E-state index contributed by atoms with van der Waals surface area (Å²) in [5, 5.41) is 9.98. The summed E-state index contributed by atoms with van der Waals surface area (Å²) in [6.07, 6.45) is 5.20. The number of amides is 1. The molecule has 6 nitrogen and oxygen atoms in total. The van der Waals surface area contributed by atoms with Gasteiger partial charge in [0.25, 0.3) is 0 Å². The van der Waals surface area contributed by atoms with Crippen LogP contribution >= 0.6 is 0 Å². The number of carbonyl (C=O) groups is 1. The van der Waals surface area contributed by atoms with Gasteiger partial charge in [-0.05, 0) is 49.1 Å². The molecular weight excluding hydrogens is 340 g/mol. The summed E-state index contributed by atoms with van der Waals surface area (Å²) in [5.74, 6) is 1.45. The lowest BCUT2D eigenvalue weighted by atomic mass is 9.66. The Kier molecular flexibility index (Phi) is 4.18. The fourth-order valence-electron chi connectivity index (χ4n) is 4.25. The molecule has 0 radical (unpaired) electrons. The van der Waals surface area contributed by atoms with Crippen LogP contribution in [0.25, 0.3) is 11.8 Å². The Morgan fingerprint density at radius 3 is 2.78 bits per heavy atom. The van der Waals surface area contributed by atoms with E-state index in [0.717, 1.165) is 24.1 Å². The van der Waals surface area contributed by atoms with Crippen LogP contribution in [-0.2, 0) is 4.79 Å². The quantitative estimate of drug-likeness (QED) is 0.625. The fraction of sp³-hybridized carbons (Fsp3) is 0.286. The van der Waals surface area contributed by atoms with E-state index in [9.17, 15) is 9.90 Å². The predicted molar refractivity (Wildman–Crippen MR) is 107 cm³/mol. The van der Waals surface area contributed by atoms with Crippen LogP contribution in [0.1, 0.15) is 35.6 Å². The van der Waals surface area contributed by atoms with Gasteiger partial charge in [0, 0.05) is 41.0 Å².